The first-order chi connectivity index (χ1) is 13.0. The largest absolute Gasteiger partial charge is 0.341 e. The number of amides is 4. The van der Waals surface area contributed by atoms with Crippen LogP contribution in [-0.4, -0.2) is 31.4 Å². The quantitative estimate of drug-likeness (QED) is 0.754. The van der Waals surface area contributed by atoms with E-state index in [-0.39, 0.29) is 24.3 Å². The number of halogens is 1. The molecule has 140 valence electrons. The lowest BCUT2D eigenvalue weighted by atomic mass is 10.1. The van der Waals surface area contributed by atoms with E-state index in [1.54, 1.807) is 53.4 Å². The van der Waals surface area contributed by atoms with Crippen LogP contribution in [-0.2, 0) is 9.59 Å². The summed E-state index contributed by atoms with van der Waals surface area (Å²) in [6.07, 6.45) is 0.147. The Balaban J connectivity index is 1.61. The predicted molar refractivity (Wildman–Crippen MR) is 105 cm³/mol. The van der Waals surface area contributed by atoms with Crippen molar-refractivity contribution in [2.75, 3.05) is 29.1 Å². The fourth-order valence-corrected chi connectivity index (χ4v) is 3.04. The van der Waals surface area contributed by atoms with E-state index >= 15 is 0 Å². The molecule has 0 radical (unpaired) electrons. The number of carbonyl (C=O) groups is 3. The third kappa shape index (κ3) is 4.57. The van der Waals surface area contributed by atoms with E-state index in [2.05, 4.69) is 16.0 Å². The number of hydrogen-bond acceptors (Lipinski definition) is 3. The number of rotatable bonds is 4. The maximum Gasteiger partial charge on any atom is 0.318 e. The first-order valence-electron chi connectivity index (χ1n) is 8.42. The summed E-state index contributed by atoms with van der Waals surface area (Å²) in [5.74, 6) is -0.775. The Kier molecular flexibility index (Phi) is 5.61. The van der Waals surface area contributed by atoms with E-state index in [4.69, 9.17) is 11.6 Å². The summed E-state index contributed by atoms with van der Waals surface area (Å²) in [4.78, 5) is 37.7. The van der Waals surface area contributed by atoms with Gasteiger partial charge in [-0.15, -0.1) is 0 Å². The Labute approximate surface area is 161 Å². The van der Waals surface area contributed by atoms with E-state index in [0.717, 1.165) is 0 Å². The van der Waals surface area contributed by atoms with E-state index in [1.807, 2.05) is 0 Å². The van der Waals surface area contributed by atoms with E-state index in [9.17, 15) is 14.4 Å². The van der Waals surface area contributed by atoms with Crippen molar-refractivity contribution in [3.05, 3.63) is 53.6 Å². The predicted octanol–water partition coefficient (Wildman–Crippen LogP) is 3.08. The summed E-state index contributed by atoms with van der Waals surface area (Å²) >= 11 is 5.98. The highest BCUT2D eigenvalue weighted by atomic mass is 35.5. The molecule has 2 aromatic carbocycles. The topological polar surface area (TPSA) is 90.5 Å². The van der Waals surface area contributed by atoms with Gasteiger partial charge in [0.2, 0.25) is 11.8 Å². The number of urea groups is 1. The average molecular weight is 387 g/mol. The second-order valence-corrected chi connectivity index (χ2v) is 6.59. The molecular formula is C19H19ClN4O3. The van der Waals surface area contributed by atoms with Gasteiger partial charge in [0, 0.05) is 42.1 Å². The molecular weight excluding hydrogens is 368 g/mol. The summed E-state index contributed by atoms with van der Waals surface area (Å²) in [7, 11) is 1.53. The molecule has 0 bridgehead atoms. The molecule has 0 aliphatic carbocycles. The van der Waals surface area contributed by atoms with Crippen molar-refractivity contribution in [1.29, 1.82) is 0 Å². The van der Waals surface area contributed by atoms with Crippen LogP contribution in [0.4, 0.5) is 21.9 Å². The number of anilines is 3. The molecule has 1 atom stereocenters. The van der Waals surface area contributed by atoms with Crippen LogP contribution >= 0.6 is 11.6 Å². The van der Waals surface area contributed by atoms with Gasteiger partial charge in [0.25, 0.3) is 0 Å². The summed E-state index contributed by atoms with van der Waals surface area (Å²) < 4.78 is 0. The number of nitrogens with zero attached hydrogens (tertiary/aromatic N) is 1. The van der Waals surface area contributed by atoms with Gasteiger partial charge in [-0.2, -0.15) is 0 Å². The first-order valence-corrected chi connectivity index (χ1v) is 8.79. The Morgan fingerprint density at radius 1 is 1.07 bits per heavy atom. The number of nitrogens with one attached hydrogen (secondary N) is 3. The second-order valence-electron chi connectivity index (χ2n) is 6.16. The average Bonchev–Trinajstić information content (AvgIpc) is 3.05. The van der Waals surface area contributed by atoms with Crippen LogP contribution < -0.4 is 20.9 Å². The molecule has 0 saturated carbocycles. The van der Waals surface area contributed by atoms with Crippen molar-refractivity contribution in [2.45, 2.75) is 6.42 Å². The molecule has 0 spiro atoms. The number of benzene rings is 2. The molecule has 1 aliphatic heterocycles. The van der Waals surface area contributed by atoms with Crippen molar-refractivity contribution in [1.82, 2.24) is 5.32 Å². The zero-order valence-electron chi connectivity index (χ0n) is 14.7. The minimum absolute atomic E-state index is 0.109. The Morgan fingerprint density at radius 2 is 1.74 bits per heavy atom. The van der Waals surface area contributed by atoms with Gasteiger partial charge in [-0.3, -0.25) is 9.59 Å². The maximum atomic E-state index is 12.5. The lowest BCUT2D eigenvalue weighted by Crippen LogP contribution is -2.28. The van der Waals surface area contributed by atoms with Crippen molar-refractivity contribution < 1.29 is 14.4 Å². The van der Waals surface area contributed by atoms with Crippen LogP contribution in [0.25, 0.3) is 0 Å². The van der Waals surface area contributed by atoms with Crippen molar-refractivity contribution in [2.24, 2.45) is 5.92 Å². The van der Waals surface area contributed by atoms with Crippen LogP contribution in [0, 0.1) is 5.92 Å². The number of hydrogen-bond donors (Lipinski definition) is 3. The molecule has 2 aromatic rings. The molecule has 7 nitrogen and oxygen atoms in total. The van der Waals surface area contributed by atoms with Crippen LogP contribution in [0.2, 0.25) is 5.02 Å². The van der Waals surface area contributed by atoms with E-state index < -0.39 is 5.92 Å². The normalized spacial score (nSPS) is 16.1. The first kappa shape index (κ1) is 18.7. The minimum Gasteiger partial charge on any atom is -0.341 e. The van der Waals surface area contributed by atoms with Crippen LogP contribution in [0.1, 0.15) is 6.42 Å². The second kappa shape index (κ2) is 8.09. The Bertz CT molecular complexity index is 870. The van der Waals surface area contributed by atoms with Crippen molar-refractivity contribution in [3.8, 4) is 0 Å². The van der Waals surface area contributed by atoms with Crippen LogP contribution in [0.3, 0.4) is 0 Å². The van der Waals surface area contributed by atoms with E-state index in [0.29, 0.717) is 28.6 Å². The van der Waals surface area contributed by atoms with Gasteiger partial charge in [0.1, 0.15) is 0 Å². The summed E-state index contributed by atoms with van der Waals surface area (Å²) in [6.45, 7) is 0.307. The fourth-order valence-electron chi connectivity index (χ4n) is 2.85. The smallest absolute Gasteiger partial charge is 0.318 e. The highest BCUT2D eigenvalue weighted by Gasteiger charge is 2.35. The molecule has 3 N–H and O–H groups in total. The highest BCUT2D eigenvalue weighted by molar-refractivity contribution is 6.31. The van der Waals surface area contributed by atoms with Crippen LogP contribution in [0.15, 0.2) is 48.5 Å². The van der Waals surface area contributed by atoms with E-state index in [1.165, 1.54) is 7.05 Å². The standard InChI is InChI=1S/C19H19ClN4O3/c1-21-19(27)23-15-7-5-14(6-8-15)22-18(26)12-9-17(25)24(11-12)16-4-2-3-13(20)10-16/h2-8,10,12H,9,11H2,1H3,(H,22,26)(H2,21,23,27). The minimum atomic E-state index is -0.444. The zero-order valence-corrected chi connectivity index (χ0v) is 15.4. The van der Waals surface area contributed by atoms with Gasteiger partial charge in [-0.05, 0) is 42.5 Å². The Hall–Kier alpha value is -3.06. The lowest BCUT2D eigenvalue weighted by Gasteiger charge is -2.17. The molecule has 4 amide bonds. The summed E-state index contributed by atoms with van der Waals surface area (Å²) in [5.41, 5.74) is 1.89. The van der Waals surface area contributed by atoms with Crippen molar-refractivity contribution >= 4 is 46.5 Å². The van der Waals surface area contributed by atoms with Gasteiger partial charge in [-0.1, -0.05) is 17.7 Å². The maximum absolute atomic E-state index is 12.5. The zero-order chi connectivity index (χ0) is 19.4. The molecule has 27 heavy (non-hydrogen) atoms. The monoisotopic (exact) mass is 386 g/mol. The third-order valence-electron chi connectivity index (χ3n) is 4.25. The van der Waals surface area contributed by atoms with Gasteiger partial charge in [0.15, 0.2) is 0 Å². The summed E-state index contributed by atoms with van der Waals surface area (Å²) in [6, 6.07) is 13.4. The fraction of sp³-hybridized carbons (Fsp3) is 0.211. The molecule has 1 aliphatic rings. The third-order valence-corrected chi connectivity index (χ3v) is 4.49. The molecule has 1 heterocycles. The van der Waals surface area contributed by atoms with Gasteiger partial charge < -0.3 is 20.9 Å². The Morgan fingerprint density at radius 3 is 2.37 bits per heavy atom. The molecule has 1 saturated heterocycles. The van der Waals surface area contributed by atoms with Crippen molar-refractivity contribution in [3.63, 3.8) is 0 Å². The molecule has 8 heteroatoms. The molecule has 3 rings (SSSR count). The van der Waals surface area contributed by atoms with Crippen LogP contribution in [0.5, 0.6) is 0 Å². The summed E-state index contributed by atoms with van der Waals surface area (Å²) in [5, 5.41) is 8.45. The highest BCUT2D eigenvalue weighted by Crippen LogP contribution is 2.28. The van der Waals surface area contributed by atoms with Gasteiger partial charge in [-0.25, -0.2) is 4.79 Å². The lowest BCUT2D eigenvalue weighted by molar-refractivity contribution is -0.122. The molecule has 1 fully saturated rings. The van der Waals surface area contributed by atoms with Gasteiger partial charge >= 0.3 is 6.03 Å². The SMILES string of the molecule is CNC(=O)Nc1ccc(NC(=O)C2CC(=O)N(c3cccc(Cl)c3)C2)cc1. The van der Waals surface area contributed by atoms with Gasteiger partial charge in [0.05, 0.1) is 5.92 Å². The molecule has 1 unspecified atom stereocenters. The molecule has 0 aromatic heterocycles. The number of carbonyl (C=O) groups excluding carboxylic acids is 3.